The van der Waals surface area contributed by atoms with Gasteiger partial charge in [0.1, 0.15) is 11.3 Å². The summed E-state index contributed by atoms with van der Waals surface area (Å²) in [5, 5.41) is 6.67. The maximum Gasteiger partial charge on any atom is 0.259 e. The zero-order valence-electron chi connectivity index (χ0n) is 13.6. The fraction of sp³-hybridized carbons (Fsp3) is 0.500. The number of thiazole rings is 1. The summed E-state index contributed by atoms with van der Waals surface area (Å²) < 4.78 is 4.97. The number of fused-ring (bicyclic) bond motifs is 1. The van der Waals surface area contributed by atoms with E-state index in [9.17, 15) is 9.59 Å². The van der Waals surface area contributed by atoms with Crippen molar-refractivity contribution in [3.05, 3.63) is 33.6 Å². The molecule has 4 heterocycles. The molecule has 4 rings (SSSR count). The Balaban J connectivity index is 1.43. The Kier molecular flexibility index (Phi) is 3.64. The van der Waals surface area contributed by atoms with Gasteiger partial charge in [0.25, 0.3) is 5.91 Å². The van der Waals surface area contributed by atoms with E-state index in [2.05, 4.69) is 10.1 Å². The Morgan fingerprint density at radius 1 is 1.38 bits per heavy atom. The van der Waals surface area contributed by atoms with Crippen molar-refractivity contribution in [2.75, 3.05) is 19.6 Å². The van der Waals surface area contributed by atoms with Gasteiger partial charge in [0, 0.05) is 30.9 Å². The molecule has 7 nitrogen and oxygen atoms in total. The Morgan fingerprint density at radius 2 is 2.21 bits per heavy atom. The lowest BCUT2D eigenvalue weighted by atomic mass is 10.0. The predicted octanol–water partition coefficient (Wildman–Crippen LogP) is 1.48. The number of amides is 2. The van der Waals surface area contributed by atoms with Gasteiger partial charge in [-0.05, 0) is 13.8 Å². The molecule has 2 aliphatic heterocycles. The first kappa shape index (κ1) is 15.3. The summed E-state index contributed by atoms with van der Waals surface area (Å²) in [5.41, 5.74) is 1.43. The molecule has 2 aromatic heterocycles. The molecule has 0 spiro atoms. The van der Waals surface area contributed by atoms with Gasteiger partial charge < -0.3 is 14.3 Å². The minimum Gasteiger partial charge on any atom is -0.361 e. The minimum absolute atomic E-state index is 0.0994. The molecule has 0 saturated carbocycles. The van der Waals surface area contributed by atoms with E-state index in [0.29, 0.717) is 37.5 Å². The van der Waals surface area contributed by atoms with Crippen molar-refractivity contribution in [3.63, 3.8) is 0 Å². The van der Waals surface area contributed by atoms with Crippen LogP contribution in [0.1, 0.15) is 26.8 Å². The van der Waals surface area contributed by atoms with Crippen LogP contribution in [0, 0.1) is 25.7 Å². The number of aryl methyl sites for hydroxylation is 2. The normalized spacial score (nSPS) is 23.2. The van der Waals surface area contributed by atoms with Crippen molar-refractivity contribution in [2.24, 2.45) is 11.8 Å². The molecule has 0 bridgehead atoms. The molecular formula is C16H18N4O3S. The molecule has 0 unspecified atom stereocenters. The molecule has 2 fully saturated rings. The molecule has 8 heteroatoms. The highest BCUT2D eigenvalue weighted by atomic mass is 32.1. The number of hydrogen-bond donors (Lipinski definition) is 0. The molecule has 126 valence electrons. The maximum absolute atomic E-state index is 12.7. The van der Waals surface area contributed by atoms with Gasteiger partial charge in [-0.3, -0.25) is 9.59 Å². The fourth-order valence-electron chi connectivity index (χ4n) is 3.60. The highest BCUT2D eigenvalue weighted by molar-refractivity contribution is 7.09. The van der Waals surface area contributed by atoms with Crippen LogP contribution in [-0.2, 0) is 11.3 Å². The standard InChI is InChI=1S/C16H18N4O3S/c1-9-13(3-17-23-9)15(21)20-5-11-4-19(16(22)14(11)7-20)6-12-8-24-10(2)18-12/h3,8,11,14H,4-7H2,1-2H3/t11-,14+/m1/s1. The molecule has 2 aromatic rings. The maximum atomic E-state index is 12.7. The van der Waals surface area contributed by atoms with Gasteiger partial charge in [-0.15, -0.1) is 11.3 Å². The van der Waals surface area contributed by atoms with Crippen molar-refractivity contribution in [1.82, 2.24) is 19.9 Å². The Labute approximate surface area is 143 Å². The van der Waals surface area contributed by atoms with Crippen molar-refractivity contribution < 1.29 is 14.1 Å². The molecule has 0 aliphatic carbocycles. The largest absolute Gasteiger partial charge is 0.361 e. The summed E-state index contributed by atoms with van der Waals surface area (Å²) in [4.78, 5) is 33.2. The zero-order chi connectivity index (χ0) is 16.8. The first-order valence-corrected chi connectivity index (χ1v) is 8.81. The zero-order valence-corrected chi connectivity index (χ0v) is 14.4. The van der Waals surface area contributed by atoms with Crippen LogP contribution in [0.5, 0.6) is 0 Å². The van der Waals surface area contributed by atoms with Crippen LogP contribution in [0.15, 0.2) is 16.1 Å². The molecule has 0 N–H and O–H groups in total. The van der Waals surface area contributed by atoms with E-state index in [0.717, 1.165) is 10.7 Å². The molecule has 2 aliphatic rings. The van der Waals surface area contributed by atoms with Gasteiger partial charge in [0.15, 0.2) is 0 Å². The number of aromatic nitrogens is 2. The van der Waals surface area contributed by atoms with Crippen LogP contribution in [0.3, 0.4) is 0 Å². The Bertz CT molecular complexity index is 799. The van der Waals surface area contributed by atoms with Crippen molar-refractivity contribution in [3.8, 4) is 0 Å². The lowest BCUT2D eigenvalue weighted by Crippen LogP contribution is -2.35. The number of hydrogen-bond acceptors (Lipinski definition) is 6. The van der Waals surface area contributed by atoms with Gasteiger partial charge >= 0.3 is 0 Å². The highest BCUT2D eigenvalue weighted by Crippen LogP contribution is 2.34. The van der Waals surface area contributed by atoms with Crippen molar-refractivity contribution in [2.45, 2.75) is 20.4 Å². The van der Waals surface area contributed by atoms with E-state index in [1.165, 1.54) is 6.20 Å². The second-order valence-electron chi connectivity index (χ2n) is 6.45. The average Bonchev–Trinajstić information content (AvgIpc) is 3.29. The fourth-order valence-corrected chi connectivity index (χ4v) is 4.21. The van der Waals surface area contributed by atoms with Gasteiger partial charge in [-0.2, -0.15) is 0 Å². The first-order valence-electron chi connectivity index (χ1n) is 7.93. The highest BCUT2D eigenvalue weighted by Gasteiger charge is 2.47. The second kappa shape index (κ2) is 5.70. The van der Waals surface area contributed by atoms with Crippen molar-refractivity contribution >= 4 is 23.2 Å². The van der Waals surface area contributed by atoms with E-state index in [1.807, 2.05) is 17.2 Å². The van der Waals surface area contributed by atoms with Crippen LogP contribution in [0.2, 0.25) is 0 Å². The van der Waals surface area contributed by atoms with E-state index >= 15 is 0 Å². The van der Waals surface area contributed by atoms with E-state index in [-0.39, 0.29) is 23.7 Å². The minimum atomic E-state index is -0.103. The lowest BCUT2D eigenvalue weighted by Gasteiger charge is -2.21. The summed E-state index contributed by atoms with van der Waals surface area (Å²) in [6.45, 7) is 6.01. The molecule has 2 saturated heterocycles. The molecular weight excluding hydrogens is 328 g/mol. The van der Waals surface area contributed by atoms with Crippen LogP contribution in [-0.4, -0.2) is 51.4 Å². The third kappa shape index (κ3) is 2.50. The monoisotopic (exact) mass is 346 g/mol. The molecule has 2 atom stereocenters. The number of likely N-dealkylation sites (tertiary alicyclic amines) is 2. The summed E-state index contributed by atoms with van der Waals surface area (Å²) in [7, 11) is 0. The predicted molar refractivity (Wildman–Crippen MR) is 86.4 cm³/mol. The lowest BCUT2D eigenvalue weighted by molar-refractivity contribution is -0.131. The van der Waals surface area contributed by atoms with Crippen LogP contribution in [0.25, 0.3) is 0 Å². The molecule has 0 radical (unpaired) electrons. The average molecular weight is 346 g/mol. The van der Waals surface area contributed by atoms with Crippen LogP contribution < -0.4 is 0 Å². The Hall–Kier alpha value is -2.22. The number of carbonyl (C=O) groups excluding carboxylic acids is 2. The summed E-state index contributed by atoms with van der Waals surface area (Å²) in [6.07, 6.45) is 1.45. The van der Waals surface area contributed by atoms with Gasteiger partial charge in [0.05, 0.1) is 29.4 Å². The quantitative estimate of drug-likeness (QED) is 0.841. The van der Waals surface area contributed by atoms with E-state index < -0.39 is 0 Å². The van der Waals surface area contributed by atoms with Gasteiger partial charge in [0.2, 0.25) is 5.91 Å². The Morgan fingerprint density at radius 3 is 2.83 bits per heavy atom. The topological polar surface area (TPSA) is 79.5 Å². The summed E-state index contributed by atoms with van der Waals surface area (Å²) in [5.74, 6) is 0.639. The summed E-state index contributed by atoms with van der Waals surface area (Å²) >= 11 is 1.60. The van der Waals surface area contributed by atoms with Gasteiger partial charge in [-0.1, -0.05) is 5.16 Å². The first-order chi connectivity index (χ1) is 11.5. The van der Waals surface area contributed by atoms with E-state index in [4.69, 9.17) is 4.52 Å². The smallest absolute Gasteiger partial charge is 0.259 e. The number of nitrogens with zero attached hydrogens (tertiary/aromatic N) is 4. The molecule has 2 amide bonds. The number of carbonyl (C=O) groups is 2. The summed E-state index contributed by atoms with van der Waals surface area (Å²) in [6, 6.07) is 0. The second-order valence-corrected chi connectivity index (χ2v) is 7.51. The third-order valence-corrected chi connectivity index (χ3v) is 5.63. The molecule has 0 aromatic carbocycles. The van der Waals surface area contributed by atoms with E-state index in [1.54, 1.807) is 23.2 Å². The third-order valence-electron chi connectivity index (χ3n) is 4.81. The SMILES string of the molecule is Cc1nc(CN2C[C@@H]3CN(C(=O)c4cnoc4C)C[C@@H]3C2=O)cs1. The van der Waals surface area contributed by atoms with Gasteiger partial charge in [-0.25, -0.2) is 4.98 Å². The van der Waals surface area contributed by atoms with Crippen molar-refractivity contribution in [1.29, 1.82) is 0 Å². The van der Waals surface area contributed by atoms with Crippen LogP contribution >= 0.6 is 11.3 Å². The molecule has 24 heavy (non-hydrogen) atoms. The number of rotatable bonds is 3. The van der Waals surface area contributed by atoms with Crippen LogP contribution in [0.4, 0.5) is 0 Å².